The van der Waals surface area contributed by atoms with Crippen molar-refractivity contribution in [2.24, 2.45) is 0 Å². The summed E-state index contributed by atoms with van der Waals surface area (Å²) in [5.41, 5.74) is 2.05. The summed E-state index contributed by atoms with van der Waals surface area (Å²) in [4.78, 5) is 27.2. The van der Waals surface area contributed by atoms with Crippen molar-refractivity contribution in [3.8, 4) is 0 Å². The van der Waals surface area contributed by atoms with Gasteiger partial charge in [-0.1, -0.05) is 37.3 Å². The fourth-order valence-corrected chi connectivity index (χ4v) is 3.03. The molecule has 2 atom stereocenters. The SMILES string of the molecule is CC[C@@H](C)NC(=O)[C@H]1c2ccccc2C(=O)N1Cc1ccc(F)cc1. The Bertz CT molecular complexity index is 789. The third kappa shape index (κ3) is 3.40. The molecule has 1 aliphatic heterocycles. The zero-order valence-corrected chi connectivity index (χ0v) is 14.3. The Morgan fingerprint density at radius 3 is 2.56 bits per heavy atom. The second-order valence-corrected chi connectivity index (χ2v) is 6.37. The number of hydrogen-bond donors (Lipinski definition) is 1. The molecule has 5 heteroatoms. The minimum absolute atomic E-state index is 0.0306. The lowest BCUT2D eigenvalue weighted by molar-refractivity contribution is -0.126. The molecule has 0 radical (unpaired) electrons. The molecule has 1 N–H and O–H groups in total. The normalized spacial score (nSPS) is 17.3. The summed E-state index contributed by atoms with van der Waals surface area (Å²) in [7, 11) is 0. The van der Waals surface area contributed by atoms with Gasteiger partial charge in [-0.2, -0.15) is 0 Å². The quantitative estimate of drug-likeness (QED) is 0.906. The van der Waals surface area contributed by atoms with Crippen molar-refractivity contribution >= 4 is 11.8 Å². The Labute approximate surface area is 146 Å². The van der Waals surface area contributed by atoms with Crippen molar-refractivity contribution in [1.82, 2.24) is 10.2 Å². The number of benzene rings is 2. The van der Waals surface area contributed by atoms with Crippen LogP contribution in [-0.4, -0.2) is 22.8 Å². The Kier molecular flexibility index (Phi) is 4.83. The monoisotopic (exact) mass is 340 g/mol. The van der Waals surface area contributed by atoms with Crippen molar-refractivity contribution in [1.29, 1.82) is 0 Å². The second kappa shape index (κ2) is 7.05. The first kappa shape index (κ1) is 17.1. The van der Waals surface area contributed by atoms with Gasteiger partial charge in [-0.05, 0) is 42.7 Å². The van der Waals surface area contributed by atoms with Crippen LogP contribution in [0.25, 0.3) is 0 Å². The maximum atomic E-state index is 13.1. The number of hydrogen-bond acceptors (Lipinski definition) is 2. The third-order valence-electron chi connectivity index (χ3n) is 4.57. The van der Waals surface area contributed by atoms with Gasteiger partial charge in [0, 0.05) is 18.2 Å². The van der Waals surface area contributed by atoms with Crippen LogP contribution in [-0.2, 0) is 11.3 Å². The lowest BCUT2D eigenvalue weighted by atomic mass is 10.0. The van der Waals surface area contributed by atoms with Crippen molar-refractivity contribution in [2.45, 2.75) is 38.9 Å². The zero-order chi connectivity index (χ0) is 18.0. The first-order chi connectivity index (χ1) is 12.0. The molecule has 0 aliphatic carbocycles. The van der Waals surface area contributed by atoms with E-state index < -0.39 is 6.04 Å². The number of amides is 2. The van der Waals surface area contributed by atoms with Crippen molar-refractivity contribution in [3.63, 3.8) is 0 Å². The highest BCUT2D eigenvalue weighted by Gasteiger charge is 2.40. The second-order valence-electron chi connectivity index (χ2n) is 6.37. The maximum absolute atomic E-state index is 13.1. The third-order valence-corrected chi connectivity index (χ3v) is 4.57. The number of nitrogens with zero attached hydrogens (tertiary/aromatic N) is 1. The average Bonchev–Trinajstić information content (AvgIpc) is 2.89. The molecule has 0 saturated carbocycles. The Hall–Kier alpha value is -2.69. The van der Waals surface area contributed by atoms with Gasteiger partial charge in [-0.15, -0.1) is 0 Å². The first-order valence-electron chi connectivity index (χ1n) is 8.46. The number of carbonyl (C=O) groups excluding carboxylic acids is 2. The lowest BCUT2D eigenvalue weighted by Gasteiger charge is -2.26. The molecular formula is C20H21FN2O2. The molecule has 0 saturated heterocycles. The van der Waals surface area contributed by atoms with Crippen LogP contribution >= 0.6 is 0 Å². The van der Waals surface area contributed by atoms with Crippen LogP contribution in [0.2, 0.25) is 0 Å². The van der Waals surface area contributed by atoms with E-state index in [-0.39, 0.29) is 30.2 Å². The van der Waals surface area contributed by atoms with Gasteiger partial charge < -0.3 is 10.2 Å². The minimum Gasteiger partial charge on any atom is -0.352 e. The van der Waals surface area contributed by atoms with Gasteiger partial charge in [0.05, 0.1) is 0 Å². The van der Waals surface area contributed by atoms with Crippen molar-refractivity contribution in [3.05, 3.63) is 71.0 Å². The summed E-state index contributed by atoms with van der Waals surface area (Å²) in [6, 6.07) is 12.5. The molecule has 2 aromatic rings. The van der Waals surface area contributed by atoms with Gasteiger partial charge in [0.25, 0.3) is 5.91 Å². The number of nitrogens with one attached hydrogen (secondary N) is 1. The molecule has 130 valence electrons. The molecule has 0 spiro atoms. The largest absolute Gasteiger partial charge is 0.352 e. The lowest BCUT2D eigenvalue weighted by Crippen LogP contribution is -2.42. The summed E-state index contributed by atoms with van der Waals surface area (Å²) in [5.74, 6) is -0.690. The van der Waals surface area contributed by atoms with Crippen LogP contribution in [0.3, 0.4) is 0 Å². The smallest absolute Gasteiger partial charge is 0.255 e. The first-order valence-corrected chi connectivity index (χ1v) is 8.46. The van der Waals surface area contributed by atoms with E-state index in [1.165, 1.54) is 12.1 Å². The van der Waals surface area contributed by atoms with E-state index in [9.17, 15) is 14.0 Å². The topological polar surface area (TPSA) is 49.4 Å². The van der Waals surface area contributed by atoms with Gasteiger partial charge in [0.1, 0.15) is 11.9 Å². The standard InChI is InChI=1S/C20H21FN2O2/c1-3-13(2)22-19(24)18-16-6-4-5-7-17(16)20(25)23(18)12-14-8-10-15(21)11-9-14/h4-11,13,18H,3,12H2,1-2H3,(H,22,24)/t13-,18-/m1/s1. The fraction of sp³-hybridized carbons (Fsp3) is 0.300. The highest BCUT2D eigenvalue weighted by Crippen LogP contribution is 2.35. The highest BCUT2D eigenvalue weighted by atomic mass is 19.1. The highest BCUT2D eigenvalue weighted by molar-refractivity contribution is 6.04. The van der Waals surface area contributed by atoms with E-state index >= 15 is 0 Å². The van der Waals surface area contributed by atoms with Crippen LogP contribution in [0, 0.1) is 5.82 Å². The zero-order valence-electron chi connectivity index (χ0n) is 14.3. The number of halogens is 1. The maximum Gasteiger partial charge on any atom is 0.255 e. The molecule has 0 fully saturated rings. The minimum atomic E-state index is -0.664. The van der Waals surface area contributed by atoms with Gasteiger partial charge in [-0.3, -0.25) is 9.59 Å². The van der Waals surface area contributed by atoms with E-state index in [1.54, 1.807) is 29.2 Å². The summed E-state index contributed by atoms with van der Waals surface area (Å²) < 4.78 is 13.1. The van der Waals surface area contributed by atoms with Crippen molar-refractivity contribution < 1.29 is 14.0 Å². The molecule has 0 aromatic heterocycles. The Balaban J connectivity index is 1.92. The molecule has 25 heavy (non-hydrogen) atoms. The molecule has 0 bridgehead atoms. The number of fused-ring (bicyclic) bond motifs is 1. The molecule has 0 unspecified atom stereocenters. The van der Waals surface area contributed by atoms with Crippen LogP contribution in [0.1, 0.15) is 47.8 Å². The summed E-state index contributed by atoms with van der Waals surface area (Å²) in [6.45, 7) is 4.19. The van der Waals surface area contributed by atoms with Gasteiger partial charge in [0.2, 0.25) is 5.91 Å². The van der Waals surface area contributed by atoms with E-state index in [0.717, 1.165) is 17.5 Å². The number of carbonyl (C=O) groups is 2. The van der Waals surface area contributed by atoms with Crippen LogP contribution in [0.5, 0.6) is 0 Å². The van der Waals surface area contributed by atoms with E-state index in [2.05, 4.69) is 5.32 Å². The molecule has 3 rings (SSSR count). The van der Waals surface area contributed by atoms with Gasteiger partial charge in [0.15, 0.2) is 0 Å². The van der Waals surface area contributed by atoms with E-state index in [4.69, 9.17) is 0 Å². The molecule has 4 nitrogen and oxygen atoms in total. The molecule has 2 aromatic carbocycles. The fourth-order valence-electron chi connectivity index (χ4n) is 3.03. The van der Waals surface area contributed by atoms with Crippen LogP contribution in [0.4, 0.5) is 4.39 Å². The van der Waals surface area contributed by atoms with Crippen LogP contribution in [0.15, 0.2) is 48.5 Å². The summed E-state index contributed by atoms with van der Waals surface area (Å²) in [6.07, 6.45) is 0.812. The van der Waals surface area contributed by atoms with Crippen molar-refractivity contribution in [2.75, 3.05) is 0 Å². The van der Waals surface area contributed by atoms with Crippen LogP contribution < -0.4 is 5.32 Å². The van der Waals surface area contributed by atoms with Gasteiger partial charge in [-0.25, -0.2) is 4.39 Å². The summed E-state index contributed by atoms with van der Waals surface area (Å²) >= 11 is 0. The Morgan fingerprint density at radius 2 is 1.88 bits per heavy atom. The predicted octanol–water partition coefficient (Wildman–Crippen LogP) is 3.44. The van der Waals surface area contributed by atoms with E-state index in [0.29, 0.717) is 5.56 Å². The van der Waals surface area contributed by atoms with Gasteiger partial charge >= 0.3 is 0 Å². The number of rotatable bonds is 5. The average molecular weight is 340 g/mol. The molecule has 1 heterocycles. The predicted molar refractivity (Wildman–Crippen MR) is 93.4 cm³/mol. The summed E-state index contributed by atoms with van der Waals surface area (Å²) in [5, 5.41) is 2.96. The Morgan fingerprint density at radius 1 is 1.20 bits per heavy atom. The molecule has 1 aliphatic rings. The molecule has 2 amide bonds. The molecular weight excluding hydrogens is 319 g/mol. The van der Waals surface area contributed by atoms with E-state index in [1.807, 2.05) is 26.0 Å².